The quantitative estimate of drug-likeness (QED) is 0.473. The summed E-state index contributed by atoms with van der Waals surface area (Å²) >= 11 is 12.4. The molecule has 4 N–H and O–H groups in total. The molecule has 0 spiro atoms. The molecule has 9 heteroatoms. The number of benzene rings is 2. The van der Waals surface area contributed by atoms with Gasteiger partial charge in [-0.05, 0) is 86.2 Å². The van der Waals surface area contributed by atoms with Crippen LogP contribution in [0.25, 0.3) is 0 Å². The van der Waals surface area contributed by atoms with E-state index in [1.807, 2.05) is 24.3 Å². The van der Waals surface area contributed by atoms with Gasteiger partial charge in [-0.1, -0.05) is 29.3 Å². The third kappa shape index (κ3) is 6.71. The average Bonchev–Trinajstić information content (AvgIpc) is 3.19. The van der Waals surface area contributed by atoms with E-state index in [4.69, 9.17) is 32.7 Å². The number of nitrogens with one attached hydrogen (secondary N) is 3. The molecule has 1 saturated heterocycles. The van der Waals surface area contributed by atoms with Crippen molar-refractivity contribution in [1.82, 2.24) is 16.0 Å². The normalized spacial score (nSPS) is 27.5. The number of rotatable bonds is 4. The van der Waals surface area contributed by atoms with E-state index in [1.54, 1.807) is 20.2 Å². The Balaban J connectivity index is 1.58. The highest BCUT2D eigenvalue weighted by molar-refractivity contribution is 6.34. The number of carbonyl (C=O) groups excluding carboxylic acids is 1. The molecule has 1 fully saturated rings. The molecule has 2 aromatic carbocycles. The van der Waals surface area contributed by atoms with Gasteiger partial charge in [0.15, 0.2) is 0 Å². The predicted molar refractivity (Wildman–Crippen MR) is 142 cm³/mol. The number of halogens is 2. The summed E-state index contributed by atoms with van der Waals surface area (Å²) in [6, 6.07) is 10.5. The van der Waals surface area contributed by atoms with Gasteiger partial charge in [-0.25, -0.2) is 0 Å². The number of hydrogen-bond acceptors (Lipinski definition) is 6. The molecule has 7 nitrogen and oxygen atoms in total. The van der Waals surface area contributed by atoms with Crippen molar-refractivity contribution >= 4 is 29.1 Å². The summed E-state index contributed by atoms with van der Waals surface area (Å²) in [6.45, 7) is 0.916. The van der Waals surface area contributed by atoms with Crippen LogP contribution in [0.4, 0.5) is 0 Å². The van der Waals surface area contributed by atoms with E-state index in [9.17, 15) is 9.90 Å². The fraction of sp³-hybridized carbons (Fsp3) is 0.519. The van der Waals surface area contributed by atoms with Crippen molar-refractivity contribution in [1.29, 1.82) is 0 Å². The minimum Gasteiger partial charge on any atom is -0.497 e. The molecule has 2 aliphatic rings. The van der Waals surface area contributed by atoms with E-state index in [1.165, 1.54) is 0 Å². The van der Waals surface area contributed by atoms with Gasteiger partial charge >= 0.3 is 0 Å². The molecule has 0 aromatic heterocycles. The first-order valence-corrected chi connectivity index (χ1v) is 13.3. The second kappa shape index (κ2) is 12.6. The Labute approximate surface area is 222 Å². The van der Waals surface area contributed by atoms with E-state index in [0.717, 1.165) is 41.7 Å². The van der Waals surface area contributed by atoms with Crippen LogP contribution in [0.5, 0.6) is 5.75 Å². The number of fused-ring (bicyclic) bond motifs is 5. The molecule has 2 bridgehead atoms. The number of hydrogen-bond donors (Lipinski definition) is 4. The molecule has 1 aliphatic heterocycles. The summed E-state index contributed by atoms with van der Waals surface area (Å²) in [5, 5.41) is 22.0. The van der Waals surface area contributed by atoms with Crippen molar-refractivity contribution in [2.24, 2.45) is 0 Å². The van der Waals surface area contributed by atoms with Crippen LogP contribution in [0.1, 0.15) is 54.5 Å². The molecule has 0 unspecified atom stereocenters. The van der Waals surface area contributed by atoms with Gasteiger partial charge in [0.25, 0.3) is 0 Å². The number of aliphatic hydroxyl groups is 1. The topological polar surface area (TPSA) is 91.9 Å². The number of carbonyl (C=O) groups is 1. The van der Waals surface area contributed by atoms with Crippen LogP contribution in [-0.4, -0.2) is 56.5 Å². The van der Waals surface area contributed by atoms with E-state index in [2.05, 4.69) is 22.0 Å². The Morgan fingerprint density at radius 3 is 2.64 bits per heavy atom. The number of amides is 1. The Morgan fingerprint density at radius 1 is 1.14 bits per heavy atom. The Morgan fingerprint density at radius 2 is 1.92 bits per heavy atom. The zero-order chi connectivity index (χ0) is 25.7. The summed E-state index contributed by atoms with van der Waals surface area (Å²) in [6.07, 6.45) is 2.69. The van der Waals surface area contributed by atoms with Crippen LogP contribution in [-0.2, 0) is 16.0 Å². The fourth-order valence-corrected chi connectivity index (χ4v) is 5.70. The van der Waals surface area contributed by atoms with Gasteiger partial charge in [-0.3, -0.25) is 4.79 Å². The highest BCUT2D eigenvalue weighted by atomic mass is 35.5. The third-order valence-corrected chi connectivity index (χ3v) is 7.52. The zero-order valence-electron chi connectivity index (χ0n) is 20.7. The van der Waals surface area contributed by atoms with Crippen molar-refractivity contribution in [3.63, 3.8) is 0 Å². The van der Waals surface area contributed by atoms with Crippen molar-refractivity contribution < 1.29 is 19.4 Å². The SMILES string of the molecule is CN[C@H]1CCCCO[C@@H]2C[C@H](NC[C@@H](O)[C@H](Cc3cc(Cl)cc(Cl)c3)NC1=O)c1cc(OC)ccc12. The highest BCUT2D eigenvalue weighted by Crippen LogP contribution is 2.42. The van der Waals surface area contributed by atoms with Gasteiger partial charge in [0.1, 0.15) is 5.75 Å². The van der Waals surface area contributed by atoms with E-state index >= 15 is 0 Å². The predicted octanol–water partition coefficient (Wildman–Crippen LogP) is 3.95. The number of likely N-dealkylation sites (N-methyl/N-ethyl adjacent to an activating group) is 1. The summed E-state index contributed by atoms with van der Waals surface area (Å²) in [4.78, 5) is 13.1. The lowest BCUT2D eigenvalue weighted by Crippen LogP contribution is -2.53. The lowest BCUT2D eigenvalue weighted by Gasteiger charge is -2.28. The molecule has 0 radical (unpaired) electrons. The first-order chi connectivity index (χ1) is 17.4. The van der Waals surface area contributed by atoms with E-state index in [0.29, 0.717) is 29.5 Å². The monoisotopic (exact) mass is 535 g/mol. The molecular formula is C27H35Cl2N3O4. The van der Waals surface area contributed by atoms with Crippen molar-refractivity contribution in [2.75, 3.05) is 27.3 Å². The summed E-state index contributed by atoms with van der Waals surface area (Å²) in [5.74, 6) is 0.652. The minimum atomic E-state index is -0.844. The van der Waals surface area contributed by atoms with Gasteiger partial charge in [0, 0.05) is 29.2 Å². The second-order valence-corrected chi connectivity index (χ2v) is 10.4. The number of β-amino-alcohol motifs (C(OH)–C–C–N with tert-alkyl or cyclic N) is 1. The molecule has 2 aromatic rings. The maximum Gasteiger partial charge on any atom is 0.237 e. The average molecular weight is 537 g/mol. The van der Waals surface area contributed by atoms with E-state index < -0.39 is 12.1 Å². The Hall–Kier alpha value is -1.87. The Kier molecular flexibility index (Phi) is 9.50. The lowest BCUT2D eigenvalue weighted by molar-refractivity contribution is -0.124. The second-order valence-electron chi connectivity index (χ2n) is 9.55. The smallest absolute Gasteiger partial charge is 0.237 e. The maximum atomic E-state index is 13.1. The van der Waals surface area contributed by atoms with Crippen LogP contribution >= 0.6 is 23.2 Å². The van der Waals surface area contributed by atoms with Gasteiger partial charge in [-0.2, -0.15) is 0 Å². The number of methoxy groups -OCH3 is 1. The van der Waals surface area contributed by atoms with Gasteiger partial charge in [0.2, 0.25) is 5.91 Å². The van der Waals surface area contributed by atoms with Crippen molar-refractivity contribution in [3.05, 3.63) is 63.1 Å². The maximum absolute atomic E-state index is 13.1. The summed E-state index contributed by atoms with van der Waals surface area (Å²) in [5.41, 5.74) is 3.12. The molecule has 1 aliphatic carbocycles. The number of aliphatic hydroxyl groups excluding tert-OH is 1. The number of ether oxygens (including phenoxy) is 2. The first kappa shape index (κ1) is 27.2. The van der Waals surface area contributed by atoms with Crippen LogP contribution in [0.2, 0.25) is 10.0 Å². The first-order valence-electron chi connectivity index (χ1n) is 12.5. The molecular weight excluding hydrogens is 501 g/mol. The highest BCUT2D eigenvalue weighted by Gasteiger charge is 2.33. The zero-order valence-corrected chi connectivity index (χ0v) is 22.2. The van der Waals surface area contributed by atoms with Gasteiger partial charge < -0.3 is 30.5 Å². The fourth-order valence-electron chi connectivity index (χ4n) is 5.13. The van der Waals surface area contributed by atoms with E-state index in [-0.39, 0.29) is 30.6 Å². The summed E-state index contributed by atoms with van der Waals surface area (Å²) in [7, 11) is 3.44. The molecule has 5 atom stereocenters. The van der Waals surface area contributed by atoms with Crippen LogP contribution in [0.3, 0.4) is 0 Å². The lowest BCUT2D eigenvalue weighted by atomic mass is 9.99. The van der Waals surface area contributed by atoms with Crippen molar-refractivity contribution in [3.8, 4) is 5.75 Å². The van der Waals surface area contributed by atoms with Crippen LogP contribution in [0, 0.1) is 0 Å². The van der Waals surface area contributed by atoms with Crippen LogP contribution < -0.4 is 20.7 Å². The largest absolute Gasteiger partial charge is 0.497 e. The molecule has 36 heavy (non-hydrogen) atoms. The standard InChI is InChI=1S/C27H35Cl2N3O4/c1-30-22-5-3-4-8-36-26-14-23(21-13-19(35-2)6-7-20(21)26)31-15-25(33)24(32-27(22)34)11-16-9-17(28)12-18(29)10-16/h6-7,9-10,12-13,22-26,30-31,33H,3-5,8,11,14-15H2,1-2H3,(H,32,34)/t22-,23-,24-,25+,26+/m0/s1. The molecule has 4 rings (SSSR count). The van der Waals surface area contributed by atoms with Crippen molar-refractivity contribution in [2.45, 2.75) is 62.4 Å². The third-order valence-electron chi connectivity index (χ3n) is 7.08. The Bertz CT molecular complexity index is 1030. The molecule has 196 valence electrons. The van der Waals surface area contributed by atoms with Gasteiger partial charge in [0.05, 0.1) is 31.4 Å². The van der Waals surface area contributed by atoms with Gasteiger partial charge in [-0.15, -0.1) is 0 Å². The summed E-state index contributed by atoms with van der Waals surface area (Å²) < 4.78 is 11.7. The molecule has 1 heterocycles. The molecule has 0 saturated carbocycles. The van der Waals surface area contributed by atoms with Crippen LogP contribution in [0.15, 0.2) is 36.4 Å². The molecule has 1 amide bonds. The minimum absolute atomic E-state index is 0.00176.